The third-order valence-electron chi connectivity index (χ3n) is 1.70. The van der Waals surface area contributed by atoms with Crippen LogP contribution in [0.15, 0.2) is 33.4 Å². The topological polar surface area (TPSA) is 34.0 Å². The van der Waals surface area contributed by atoms with Crippen molar-refractivity contribution >= 4 is 22.7 Å². The molecular weight excluding hydrogens is 222 g/mol. The van der Waals surface area contributed by atoms with Gasteiger partial charge in [0.2, 0.25) is 0 Å². The molecule has 1 unspecified atom stereocenters. The zero-order valence-corrected chi connectivity index (χ0v) is 9.12. The zero-order chi connectivity index (χ0) is 11.1. The van der Waals surface area contributed by atoms with Crippen molar-refractivity contribution in [2.45, 2.75) is 6.42 Å². The summed E-state index contributed by atoms with van der Waals surface area (Å²) in [6.45, 7) is 0. The van der Waals surface area contributed by atoms with Crippen LogP contribution >= 0.6 is 10.9 Å². The summed E-state index contributed by atoms with van der Waals surface area (Å²) in [7, 11) is 0.866. The van der Waals surface area contributed by atoms with E-state index in [0.717, 1.165) is 11.0 Å². The fourth-order valence-electron chi connectivity index (χ4n) is 1.04. The molecule has 0 aromatic heterocycles. The summed E-state index contributed by atoms with van der Waals surface area (Å²) in [5, 5.41) is 3.63. The minimum absolute atomic E-state index is 0.359. The first kappa shape index (κ1) is 11.9. The van der Waals surface area contributed by atoms with Gasteiger partial charge in [-0.1, -0.05) is 5.16 Å². The third kappa shape index (κ3) is 4.24. The molecule has 84 valence electrons. The van der Waals surface area contributed by atoms with Gasteiger partial charge in [-0.25, -0.2) is 0 Å². The Morgan fingerprint density at radius 3 is 3.13 bits per heavy atom. The van der Waals surface area contributed by atoms with Gasteiger partial charge in [-0.15, -0.1) is 0 Å². The molecule has 6 heteroatoms. The molecule has 0 spiro atoms. The number of halogens is 2. The standard InChI is InChI=1S/C9H12F2N2OS/c1-14-13-6-8-5-12-7-15(8)4-2-3-9(10)11/h3,5-7,15H,2,4H2,1H3/b13-6+. The van der Waals surface area contributed by atoms with Gasteiger partial charge in [0.25, 0.3) is 6.08 Å². The molecule has 1 aliphatic rings. The normalized spacial score (nSPS) is 21.8. The highest BCUT2D eigenvalue weighted by atomic mass is 32.2. The van der Waals surface area contributed by atoms with Crippen LogP contribution in [0, 0.1) is 0 Å². The average Bonchev–Trinajstić information content (AvgIpc) is 2.62. The first-order valence-corrected chi connectivity index (χ1v) is 5.91. The van der Waals surface area contributed by atoms with Crippen molar-refractivity contribution in [3.63, 3.8) is 0 Å². The summed E-state index contributed by atoms with van der Waals surface area (Å²) in [6.07, 6.45) is 2.92. The van der Waals surface area contributed by atoms with E-state index in [4.69, 9.17) is 0 Å². The second-order valence-corrected chi connectivity index (χ2v) is 4.85. The lowest BCUT2D eigenvalue weighted by Gasteiger charge is -2.10. The Balaban J connectivity index is 2.42. The molecule has 0 radical (unpaired) electrons. The summed E-state index contributed by atoms with van der Waals surface area (Å²) < 4.78 is 23.6. The molecule has 0 saturated heterocycles. The zero-order valence-electron chi connectivity index (χ0n) is 8.23. The van der Waals surface area contributed by atoms with Crippen LogP contribution in [-0.2, 0) is 4.84 Å². The Bertz CT molecular complexity index is 322. The molecule has 0 N–H and O–H groups in total. The lowest BCUT2D eigenvalue weighted by atomic mass is 10.5. The van der Waals surface area contributed by atoms with Crippen LogP contribution in [0.2, 0.25) is 0 Å². The maximum Gasteiger partial charge on any atom is 0.266 e. The summed E-state index contributed by atoms with van der Waals surface area (Å²) in [6, 6.07) is 0. The lowest BCUT2D eigenvalue weighted by Crippen LogP contribution is -1.91. The molecule has 0 aliphatic carbocycles. The number of aliphatic imine (C=N–C) groups is 1. The molecule has 15 heavy (non-hydrogen) atoms. The van der Waals surface area contributed by atoms with Gasteiger partial charge in [0, 0.05) is 16.7 Å². The molecule has 0 aromatic carbocycles. The van der Waals surface area contributed by atoms with Crippen LogP contribution < -0.4 is 0 Å². The van der Waals surface area contributed by atoms with Gasteiger partial charge in [0.15, 0.2) is 0 Å². The summed E-state index contributed by atoms with van der Waals surface area (Å²) in [5.41, 5.74) is 1.79. The number of hydrogen-bond acceptors (Lipinski definition) is 3. The van der Waals surface area contributed by atoms with E-state index >= 15 is 0 Å². The Kier molecular flexibility index (Phi) is 5.03. The highest BCUT2D eigenvalue weighted by Crippen LogP contribution is 2.36. The smallest absolute Gasteiger partial charge is 0.266 e. The number of oxime groups is 1. The maximum atomic E-state index is 11.8. The monoisotopic (exact) mass is 234 g/mol. The second-order valence-electron chi connectivity index (χ2n) is 2.71. The molecule has 1 rings (SSSR count). The summed E-state index contributed by atoms with van der Waals surface area (Å²) in [4.78, 5) is 9.47. The molecule has 0 aromatic rings. The van der Waals surface area contributed by atoms with Crippen LogP contribution in [0.1, 0.15) is 6.42 Å². The third-order valence-corrected chi connectivity index (χ3v) is 3.75. The molecule has 0 bridgehead atoms. The fourth-order valence-corrected chi connectivity index (χ4v) is 2.60. The molecule has 0 fully saturated rings. The Labute approximate surface area is 89.6 Å². The van der Waals surface area contributed by atoms with Gasteiger partial charge >= 0.3 is 0 Å². The van der Waals surface area contributed by atoms with Crippen molar-refractivity contribution < 1.29 is 13.6 Å². The van der Waals surface area contributed by atoms with E-state index in [2.05, 4.69) is 15.0 Å². The van der Waals surface area contributed by atoms with E-state index in [1.54, 1.807) is 18.0 Å². The van der Waals surface area contributed by atoms with Crippen molar-refractivity contribution in [2.24, 2.45) is 10.1 Å². The van der Waals surface area contributed by atoms with Gasteiger partial charge in [-0.2, -0.15) is 19.7 Å². The number of rotatable bonds is 5. The lowest BCUT2D eigenvalue weighted by molar-refractivity contribution is 0.215. The van der Waals surface area contributed by atoms with E-state index < -0.39 is 17.0 Å². The van der Waals surface area contributed by atoms with Gasteiger partial charge < -0.3 is 4.84 Å². The number of thiol groups is 1. The first-order chi connectivity index (χ1) is 7.24. The predicted molar refractivity (Wildman–Crippen MR) is 60.8 cm³/mol. The highest BCUT2D eigenvalue weighted by Gasteiger charge is 2.09. The largest absolute Gasteiger partial charge is 0.399 e. The van der Waals surface area contributed by atoms with Crippen LogP contribution in [0.3, 0.4) is 0 Å². The molecule has 3 nitrogen and oxygen atoms in total. The van der Waals surface area contributed by atoms with Gasteiger partial charge in [0.1, 0.15) is 7.11 Å². The van der Waals surface area contributed by atoms with Gasteiger partial charge in [0.05, 0.1) is 6.21 Å². The molecule has 1 atom stereocenters. The highest BCUT2D eigenvalue weighted by molar-refractivity contribution is 8.32. The van der Waals surface area contributed by atoms with Gasteiger partial charge in [-0.3, -0.25) is 4.99 Å². The van der Waals surface area contributed by atoms with E-state index in [1.165, 1.54) is 7.11 Å². The minimum atomic E-state index is -1.63. The number of nitrogens with zero attached hydrogens (tertiary/aromatic N) is 2. The van der Waals surface area contributed by atoms with E-state index in [1.807, 2.05) is 0 Å². The van der Waals surface area contributed by atoms with Crippen LogP contribution in [-0.4, -0.2) is 24.6 Å². The van der Waals surface area contributed by atoms with Gasteiger partial charge in [-0.05, 0) is 18.2 Å². The fraction of sp³-hybridized carbons (Fsp3) is 0.333. The molecular formula is C9H12F2N2OS. The molecule has 0 amide bonds. The second kappa shape index (κ2) is 6.34. The summed E-state index contributed by atoms with van der Waals surface area (Å²) in [5.74, 6) is 0.664. The Morgan fingerprint density at radius 2 is 2.47 bits per heavy atom. The SMILES string of the molecule is CO/N=C/C1=CN=C[SH]1CCC=C(F)F. The van der Waals surface area contributed by atoms with E-state index in [9.17, 15) is 8.78 Å². The minimum Gasteiger partial charge on any atom is -0.399 e. The Hall–Kier alpha value is -1.17. The maximum absolute atomic E-state index is 11.8. The number of allylic oxidation sites excluding steroid dienone is 2. The molecule has 1 aliphatic heterocycles. The van der Waals surface area contributed by atoms with E-state index in [-0.39, 0.29) is 0 Å². The average molecular weight is 234 g/mol. The Morgan fingerprint density at radius 1 is 1.67 bits per heavy atom. The molecule has 1 heterocycles. The van der Waals surface area contributed by atoms with Crippen molar-refractivity contribution in [3.05, 3.63) is 23.3 Å². The number of hydrogen-bond donors (Lipinski definition) is 1. The predicted octanol–water partition coefficient (Wildman–Crippen LogP) is 2.67. The summed E-state index contributed by atoms with van der Waals surface area (Å²) >= 11 is 0. The van der Waals surface area contributed by atoms with Crippen molar-refractivity contribution in [3.8, 4) is 0 Å². The van der Waals surface area contributed by atoms with Crippen LogP contribution in [0.25, 0.3) is 0 Å². The first-order valence-electron chi connectivity index (χ1n) is 4.32. The van der Waals surface area contributed by atoms with Crippen molar-refractivity contribution in [1.29, 1.82) is 0 Å². The molecule has 0 saturated carbocycles. The van der Waals surface area contributed by atoms with Crippen LogP contribution in [0.5, 0.6) is 0 Å². The quantitative estimate of drug-likeness (QED) is 0.443. The van der Waals surface area contributed by atoms with Crippen molar-refractivity contribution in [2.75, 3.05) is 12.9 Å². The van der Waals surface area contributed by atoms with Crippen molar-refractivity contribution in [1.82, 2.24) is 0 Å². The van der Waals surface area contributed by atoms with E-state index in [0.29, 0.717) is 12.2 Å². The van der Waals surface area contributed by atoms with Crippen LogP contribution in [0.4, 0.5) is 8.78 Å².